The standard InChI is InChI=1S/C19H18N2O2/c1-21-9-5-8-18(21)19-15-10-13-6-3-4-7-16(13)20-17(15)11-14(23-19)12-22-2/h3-11,19H,12H2,1-2H3. The number of rotatable bonds is 3. The molecule has 0 amide bonds. The molecular formula is C19H18N2O2. The maximum absolute atomic E-state index is 6.20. The molecule has 1 aliphatic rings. The first kappa shape index (κ1) is 14.0. The summed E-state index contributed by atoms with van der Waals surface area (Å²) in [6, 6.07) is 14.4. The minimum atomic E-state index is -0.169. The molecule has 116 valence electrons. The van der Waals surface area contributed by atoms with Crippen molar-refractivity contribution in [2.45, 2.75) is 6.10 Å². The van der Waals surface area contributed by atoms with Crippen molar-refractivity contribution in [2.75, 3.05) is 13.7 Å². The van der Waals surface area contributed by atoms with E-state index < -0.39 is 0 Å². The summed E-state index contributed by atoms with van der Waals surface area (Å²) >= 11 is 0. The molecule has 2 aromatic heterocycles. The van der Waals surface area contributed by atoms with Crippen LogP contribution in [0.2, 0.25) is 0 Å². The third-order valence-electron chi connectivity index (χ3n) is 4.17. The van der Waals surface area contributed by atoms with E-state index in [1.54, 1.807) is 7.11 Å². The first-order chi connectivity index (χ1) is 11.3. The number of aryl methyl sites for hydroxylation is 1. The van der Waals surface area contributed by atoms with Crippen LogP contribution in [0, 0.1) is 0 Å². The van der Waals surface area contributed by atoms with Gasteiger partial charge in [0.15, 0.2) is 6.10 Å². The van der Waals surface area contributed by atoms with Crippen molar-refractivity contribution >= 4 is 17.0 Å². The molecule has 3 aromatic rings. The summed E-state index contributed by atoms with van der Waals surface area (Å²) in [5.41, 5.74) is 4.13. The molecule has 0 spiro atoms. The number of aromatic nitrogens is 2. The monoisotopic (exact) mass is 306 g/mol. The highest BCUT2D eigenvalue weighted by Crippen LogP contribution is 2.36. The number of ether oxygens (including phenoxy) is 2. The summed E-state index contributed by atoms with van der Waals surface area (Å²) < 4.78 is 13.5. The van der Waals surface area contributed by atoms with Crippen LogP contribution in [0.1, 0.15) is 23.1 Å². The van der Waals surface area contributed by atoms with E-state index >= 15 is 0 Å². The molecule has 4 heteroatoms. The predicted molar refractivity (Wildman–Crippen MR) is 89.9 cm³/mol. The number of benzene rings is 1. The second-order valence-electron chi connectivity index (χ2n) is 5.74. The Labute approximate surface area is 135 Å². The van der Waals surface area contributed by atoms with E-state index in [1.807, 2.05) is 43.6 Å². The molecule has 1 unspecified atom stereocenters. The summed E-state index contributed by atoms with van der Waals surface area (Å²) in [4.78, 5) is 4.82. The SMILES string of the molecule is COCC1=Cc2nc3ccccc3cc2C(c2cccn2C)O1. The van der Waals surface area contributed by atoms with Crippen LogP contribution in [0.15, 0.2) is 54.4 Å². The van der Waals surface area contributed by atoms with Crippen LogP contribution in [0.3, 0.4) is 0 Å². The fourth-order valence-electron chi connectivity index (χ4n) is 3.06. The second kappa shape index (κ2) is 5.56. The molecule has 0 saturated carbocycles. The Morgan fingerprint density at radius 1 is 1.22 bits per heavy atom. The zero-order valence-electron chi connectivity index (χ0n) is 13.2. The number of nitrogens with zero attached hydrogens (tertiary/aromatic N) is 2. The van der Waals surface area contributed by atoms with Gasteiger partial charge in [-0.25, -0.2) is 4.98 Å². The number of pyridine rings is 1. The van der Waals surface area contributed by atoms with E-state index in [0.29, 0.717) is 6.61 Å². The van der Waals surface area contributed by atoms with Gasteiger partial charge in [-0.05, 0) is 24.3 Å². The molecule has 0 bridgehead atoms. The average Bonchev–Trinajstić information content (AvgIpc) is 2.98. The molecule has 0 N–H and O–H groups in total. The van der Waals surface area contributed by atoms with Crippen molar-refractivity contribution < 1.29 is 9.47 Å². The number of para-hydroxylation sites is 1. The van der Waals surface area contributed by atoms with Gasteiger partial charge in [-0.1, -0.05) is 18.2 Å². The molecule has 0 saturated heterocycles. The molecule has 0 aliphatic carbocycles. The van der Waals surface area contributed by atoms with Gasteiger partial charge in [-0.3, -0.25) is 0 Å². The van der Waals surface area contributed by atoms with Crippen molar-refractivity contribution in [3.8, 4) is 0 Å². The zero-order valence-corrected chi connectivity index (χ0v) is 13.2. The number of fused-ring (bicyclic) bond motifs is 2. The number of methoxy groups -OCH3 is 1. The number of hydrogen-bond donors (Lipinski definition) is 0. The van der Waals surface area contributed by atoms with E-state index in [1.165, 1.54) is 0 Å². The van der Waals surface area contributed by atoms with Gasteiger partial charge in [0.05, 0.1) is 16.9 Å². The topological polar surface area (TPSA) is 36.3 Å². The summed E-state index contributed by atoms with van der Waals surface area (Å²) in [6.45, 7) is 0.439. The minimum Gasteiger partial charge on any atom is -0.481 e. The average molecular weight is 306 g/mol. The Morgan fingerprint density at radius 2 is 2.09 bits per heavy atom. The molecular weight excluding hydrogens is 288 g/mol. The third-order valence-corrected chi connectivity index (χ3v) is 4.17. The zero-order chi connectivity index (χ0) is 15.8. The van der Waals surface area contributed by atoms with E-state index in [2.05, 4.69) is 22.8 Å². The normalized spacial score (nSPS) is 16.8. The fraction of sp³-hybridized carbons (Fsp3) is 0.211. The summed E-state index contributed by atoms with van der Waals surface area (Å²) in [7, 11) is 3.70. The van der Waals surface area contributed by atoms with Gasteiger partial charge in [0.2, 0.25) is 0 Å². The lowest BCUT2D eigenvalue weighted by molar-refractivity contribution is 0.0916. The first-order valence-electron chi connectivity index (χ1n) is 7.63. The molecule has 1 aliphatic heterocycles. The highest BCUT2D eigenvalue weighted by Gasteiger charge is 2.27. The van der Waals surface area contributed by atoms with Crippen molar-refractivity contribution in [1.82, 2.24) is 9.55 Å². The van der Waals surface area contributed by atoms with Crippen molar-refractivity contribution in [3.05, 3.63) is 71.4 Å². The molecule has 1 aromatic carbocycles. The molecule has 4 nitrogen and oxygen atoms in total. The summed E-state index contributed by atoms with van der Waals surface area (Å²) in [6.07, 6.45) is 3.84. The molecule has 3 heterocycles. The van der Waals surface area contributed by atoms with E-state index in [4.69, 9.17) is 14.5 Å². The van der Waals surface area contributed by atoms with Crippen LogP contribution in [0.4, 0.5) is 0 Å². The Balaban J connectivity index is 1.92. The maximum atomic E-state index is 6.20. The van der Waals surface area contributed by atoms with Crippen LogP contribution in [0.25, 0.3) is 17.0 Å². The Kier molecular flexibility index (Phi) is 3.39. The fourth-order valence-corrected chi connectivity index (χ4v) is 3.06. The van der Waals surface area contributed by atoms with Crippen molar-refractivity contribution in [1.29, 1.82) is 0 Å². The quantitative estimate of drug-likeness (QED) is 0.740. The van der Waals surface area contributed by atoms with Gasteiger partial charge in [-0.15, -0.1) is 0 Å². The van der Waals surface area contributed by atoms with Crippen LogP contribution in [-0.4, -0.2) is 23.3 Å². The molecule has 0 radical (unpaired) electrons. The van der Waals surface area contributed by atoms with Gasteiger partial charge < -0.3 is 14.0 Å². The maximum Gasteiger partial charge on any atom is 0.165 e. The lowest BCUT2D eigenvalue weighted by Crippen LogP contribution is -2.17. The van der Waals surface area contributed by atoms with Crippen molar-refractivity contribution in [2.24, 2.45) is 7.05 Å². The largest absolute Gasteiger partial charge is 0.481 e. The first-order valence-corrected chi connectivity index (χ1v) is 7.63. The Bertz CT molecular complexity index is 895. The molecule has 1 atom stereocenters. The molecule has 4 rings (SSSR count). The lowest BCUT2D eigenvalue weighted by atomic mass is 9.99. The van der Waals surface area contributed by atoms with Crippen LogP contribution in [0.5, 0.6) is 0 Å². The van der Waals surface area contributed by atoms with Crippen LogP contribution >= 0.6 is 0 Å². The molecule has 0 fully saturated rings. The minimum absolute atomic E-state index is 0.169. The van der Waals surface area contributed by atoms with E-state index in [-0.39, 0.29) is 6.10 Å². The van der Waals surface area contributed by atoms with Gasteiger partial charge in [-0.2, -0.15) is 0 Å². The van der Waals surface area contributed by atoms with Crippen LogP contribution < -0.4 is 0 Å². The predicted octanol–water partition coefficient (Wildman–Crippen LogP) is 3.68. The number of hydrogen-bond acceptors (Lipinski definition) is 3. The van der Waals surface area contributed by atoms with Crippen LogP contribution in [-0.2, 0) is 16.5 Å². The second-order valence-corrected chi connectivity index (χ2v) is 5.74. The van der Waals surface area contributed by atoms with Gasteiger partial charge in [0.1, 0.15) is 12.4 Å². The lowest BCUT2D eigenvalue weighted by Gasteiger charge is -2.27. The molecule has 23 heavy (non-hydrogen) atoms. The van der Waals surface area contributed by atoms with Gasteiger partial charge in [0.25, 0.3) is 0 Å². The summed E-state index contributed by atoms with van der Waals surface area (Å²) in [5.74, 6) is 0.800. The van der Waals surface area contributed by atoms with Gasteiger partial charge >= 0.3 is 0 Å². The Hall–Kier alpha value is -2.59. The highest BCUT2D eigenvalue weighted by atomic mass is 16.5. The highest BCUT2D eigenvalue weighted by molar-refractivity contribution is 5.81. The third kappa shape index (κ3) is 2.41. The van der Waals surface area contributed by atoms with E-state index in [9.17, 15) is 0 Å². The smallest absolute Gasteiger partial charge is 0.165 e. The van der Waals surface area contributed by atoms with E-state index in [0.717, 1.165) is 33.6 Å². The summed E-state index contributed by atoms with van der Waals surface area (Å²) in [5, 5.41) is 1.12. The van der Waals surface area contributed by atoms with Gasteiger partial charge in [0, 0.05) is 37.4 Å². The van der Waals surface area contributed by atoms with Crippen molar-refractivity contribution in [3.63, 3.8) is 0 Å². The Morgan fingerprint density at radius 3 is 2.87 bits per heavy atom.